The lowest BCUT2D eigenvalue weighted by atomic mass is 10.1. The van der Waals surface area contributed by atoms with Crippen LogP contribution < -0.4 is 4.74 Å². The number of hydrogen-bond donors (Lipinski definition) is 0. The molecule has 5 heteroatoms. The Morgan fingerprint density at radius 1 is 0.917 bits per heavy atom. The van der Waals surface area contributed by atoms with E-state index in [0.29, 0.717) is 6.61 Å². The number of fused-ring (bicyclic) bond motifs is 1. The highest BCUT2D eigenvalue weighted by molar-refractivity contribution is 14.1. The van der Waals surface area contributed by atoms with E-state index in [1.165, 1.54) is 0 Å². The zero-order valence-corrected chi connectivity index (χ0v) is 14.9. The third kappa shape index (κ3) is 3.12. The maximum absolute atomic E-state index is 5.82. The molecule has 0 N–H and O–H groups in total. The van der Waals surface area contributed by atoms with Crippen LogP contribution in [-0.2, 0) is 6.61 Å². The minimum Gasteiger partial charge on any atom is -0.489 e. The summed E-state index contributed by atoms with van der Waals surface area (Å²) in [5.41, 5.74) is 3.97. The van der Waals surface area contributed by atoms with Gasteiger partial charge in [-0.05, 0) is 52.4 Å². The molecule has 4 nitrogen and oxygen atoms in total. The first-order valence-corrected chi connectivity index (χ1v) is 8.63. The van der Waals surface area contributed by atoms with E-state index in [0.717, 1.165) is 31.9 Å². The molecular formula is C19H14IN3O. The third-order valence-electron chi connectivity index (χ3n) is 3.75. The van der Waals surface area contributed by atoms with Gasteiger partial charge in [-0.2, -0.15) is 0 Å². The maximum atomic E-state index is 5.82. The average molecular weight is 427 g/mol. The second kappa shape index (κ2) is 6.60. The van der Waals surface area contributed by atoms with Gasteiger partial charge in [0.2, 0.25) is 0 Å². The van der Waals surface area contributed by atoms with Gasteiger partial charge in [-0.1, -0.05) is 30.3 Å². The first kappa shape index (κ1) is 15.1. The Labute approximate surface area is 153 Å². The van der Waals surface area contributed by atoms with Crippen molar-refractivity contribution >= 4 is 28.2 Å². The topological polar surface area (TPSA) is 39.4 Å². The van der Waals surface area contributed by atoms with Crippen LogP contribution in [0.25, 0.3) is 16.9 Å². The van der Waals surface area contributed by atoms with Crippen LogP contribution in [0.3, 0.4) is 0 Å². The number of hydrogen-bond acceptors (Lipinski definition) is 3. The quantitative estimate of drug-likeness (QED) is 0.448. The van der Waals surface area contributed by atoms with Crippen molar-refractivity contribution in [1.82, 2.24) is 14.4 Å². The molecule has 4 aromatic rings. The Morgan fingerprint density at radius 3 is 2.50 bits per heavy atom. The van der Waals surface area contributed by atoms with Gasteiger partial charge in [-0.25, -0.2) is 4.98 Å². The SMILES string of the molecule is Ic1cnc2cnc(-c3ccc(OCc4ccccc4)cc3)cn12. The third-order valence-corrected chi connectivity index (χ3v) is 4.55. The maximum Gasteiger partial charge on any atom is 0.156 e. The largest absolute Gasteiger partial charge is 0.489 e. The predicted molar refractivity (Wildman–Crippen MR) is 102 cm³/mol. The lowest BCUT2D eigenvalue weighted by Gasteiger charge is -2.07. The van der Waals surface area contributed by atoms with Crippen LogP contribution in [0.5, 0.6) is 5.75 Å². The van der Waals surface area contributed by atoms with Crippen molar-refractivity contribution in [3.8, 4) is 17.0 Å². The molecule has 0 saturated heterocycles. The van der Waals surface area contributed by atoms with E-state index in [-0.39, 0.29) is 0 Å². The molecule has 2 aromatic carbocycles. The van der Waals surface area contributed by atoms with Gasteiger partial charge in [0.05, 0.1) is 18.1 Å². The highest BCUT2D eigenvalue weighted by Gasteiger charge is 2.05. The number of halogens is 1. The first-order valence-electron chi connectivity index (χ1n) is 7.55. The van der Waals surface area contributed by atoms with E-state index in [2.05, 4.69) is 44.7 Å². The summed E-state index contributed by atoms with van der Waals surface area (Å²) in [5, 5.41) is 0. The highest BCUT2D eigenvalue weighted by atomic mass is 127. The standard InChI is InChI=1S/C19H14IN3O/c20-18-10-22-19-11-21-17(12-23(18)19)15-6-8-16(9-7-15)24-13-14-4-2-1-3-5-14/h1-12H,13H2. The fourth-order valence-electron chi connectivity index (χ4n) is 2.47. The fourth-order valence-corrected chi connectivity index (χ4v) is 3.00. The van der Waals surface area contributed by atoms with Crippen molar-refractivity contribution in [1.29, 1.82) is 0 Å². The molecule has 4 rings (SSSR count). The minimum absolute atomic E-state index is 0.567. The number of imidazole rings is 1. The first-order chi connectivity index (χ1) is 11.8. The van der Waals surface area contributed by atoms with E-state index in [1.807, 2.05) is 59.3 Å². The van der Waals surface area contributed by atoms with Crippen molar-refractivity contribution in [2.24, 2.45) is 0 Å². The molecule has 0 unspecified atom stereocenters. The van der Waals surface area contributed by atoms with Gasteiger partial charge in [0.1, 0.15) is 16.1 Å². The lowest BCUT2D eigenvalue weighted by molar-refractivity contribution is 0.306. The van der Waals surface area contributed by atoms with Gasteiger partial charge in [-0.15, -0.1) is 0 Å². The molecule has 118 valence electrons. The van der Waals surface area contributed by atoms with E-state index in [1.54, 1.807) is 6.20 Å². The molecule has 0 aliphatic heterocycles. The number of ether oxygens (including phenoxy) is 1. The van der Waals surface area contributed by atoms with Crippen molar-refractivity contribution in [3.05, 3.63) is 82.5 Å². The van der Waals surface area contributed by atoms with Crippen LogP contribution in [0.2, 0.25) is 0 Å². The number of benzene rings is 2. The molecule has 0 aliphatic carbocycles. The van der Waals surface area contributed by atoms with Gasteiger partial charge in [0, 0.05) is 11.8 Å². The van der Waals surface area contributed by atoms with E-state index >= 15 is 0 Å². The van der Waals surface area contributed by atoms with Crippen LogP contribution in [0.4, 0.5) is 0 Å². The van der Waals surface area contributed by atoms with E-state index in [4.69, 9.17) is 4.74 Å². The molecule has 0 saturated carbocycles. The molecule has 0 radical (unpaired) electrons. The Bertz CT molecular complexity index is 965. The van der Waals surface area contributed by atoms with Gasteiger partial charge in [0.15, 0.2) is 5.65 Å². The molecule has 2 heterocycles. The van der Waals surface area contributed by atoms with Crippen LogP contribution in [-0.4, -0.2) is 14.4 Å². The summed E-state index contributed by atoms with van der Waals surface area (Å²) < 4.78 is 8.92. The molecule has 0 bridgehead atoms. The van der Waals surface area contributed by atoms with Gasteiger partial charge < -0.3 is 4.74 Å². The molecular weight excluding hydrogens is 413 g/mol. The number of aromatic nitrogens is 3. The van der Waals surface area contributed by atoms with Crippen LogP contribution >= 0.6 is 22.6 Å². The summed E-state index contributed by atoms with van der Waals surface area (Å²) in [7, 11) is 0. The molecule has 0 fully saturated rings. The minimum atomic E-state index is 0.567. The van der Waals surface area contributed by atoms with Gasteiger partial charge in [-0.3, -0.25) is 9.38 Å². The van der Waals surface area contributed by atoms with Crippen molar-refractivity contribution in [3.63, 3.8) is 0 Å². The second-order valence-corrected chi connectivity index (χ2v) is 6.49. The zero-order valence-electron chi connectivity index (χ0n) is 12.8. The average Bonchev–Trinajstić information content (AvgIpc) is 3.02. The number of nitrogens with zero attached hydrogens (tertiary/aromatic N) is 3. The second-order valence-electron chi connectivity index (χ2n) is 5.38. The summed E-state index contributed by atoms with van der Waals surface area (Å²) in [4.78, 5) is 8.78. The van der Waals surface area contributed by atoms with Crippen molar-refractivity contribution in [2.45, 2.75) is 6.61 Å². The monoisotopic (exact) mass is 427 g/mol. The molecule has 0 amide bonds. The smallest absolute Gasteiger partial charge is 0.156 e. The fraction of sp³-hybridized carbons (Fsp3) is 0.0526. The van der Waals surface area contributed by atoms with E-state index in [9.17, 15) is 0 Å². The summed E-state index contributed by atoms with van der Waals surface area (Å²) in [6.07, 6.45) is 5.63. The van der Waals surface area contributed by atoms with Crippen molar-refractivity contribution in [2.75, 3.05) is 0 Å². The van der Waals surface area contributed by atoms with Crippen LogP contribution in [0.15, 0.2) is 73.2 Å². The highest BCUT2D eigenvalue weighted by Crippen LogP contribution is 2.22. The zero-order chi connectivity index (χ0) is 16.4. The summed E-state index contributed by atoms with van der Waals surface area (Å²) >= 11 is 2.26. The van der Waals surface area contributed by atoms with Gasteiger partial charge in [0.25, 0.3) is 0 Å². The summed E-state index contributed by atoms with van der Waals surface area (Å²) in [6, 6.07) is 18.1. The van der Waals surface area contributed by atoms with Crippen LogP contribution in [0, 0.1) is 3.70 Å². The Balaban J connectivity index is 1.53. The Morgan fingerprint density at radius 2 is 1.71 bits per heavy atom. The van der Waals surface area contributed by atoms with Crippen molar-refractivity contribution < 1.29 is 4.74 Å². The predicted octanol–water partition coefficient (Wildman–Crippen LogP) is 4.58. The number of rotatable bonds is 4. The summed E-state index contributed by atoms with van der Waals surface area (Å²) in [5.74, 6) is 0.848. The Hall–Kier alpha value is -2.41. The molecule has 0 atom stereocenters. The molecule has 0 spiro atoms. The molecule has 2 aromatic heterocycles. The molecule has 24 heavy (non-hydrogen) atoms. The van der Waals surface area contributed by atoms with Crippen LogP contribution in [0.1, 0.15) is 5.56 Å². The molecule has 0 aliphatic rings. The Kier molecular flexibility index (Phi) is 4.17. The summed E-state index contributed by atoms with van der Waals surface area (Å²) in [6.45, 7) is 0.567. The normalized spacial score (nSPS) is 10.9. The van der Waals surface area contributed by atoms with Gasteiger partial charge >= 0.3 is 0 Å². The lowest BCUT2D eigenvalue weighted by Crippen LogP contribution is -1.95. The van der Waals surface area contributed by atoms with E-state index < -0.39 is 0 Å².